The van der Waals surface area contributed by atoms with Gasteiger partial charge < -0.3 is 5.73 Å². The second kappa shape index (κ2) is 5.88. The van der Waals surface area contributed by atoms with Crippen LogP contribution in [0.3, 0.4) is 0 Å². The van der Waals surface area contributed by atoms with Crippen molar-refractivity contribution in [1.82, 2.24) is 4.98 Å². The summed E-state index contributed by atoms with van der Waals surface area (Å²) in [6, 6.07) is 2.11. The molecular weight excluding hydrogens is 337 g/mol. The van der Waals surface area contributed by atoms with E-state index in [0.29, 0.717) is 0 Å². The van der Waals surface area contributed by atoms with Crippen LogP contribution in [0.2, 0.25) is 5.02 Å². The molecule has 0 saturated heterocycles. The number of nitrogens with two attached hydrogens (primary N) is 1. The summed E-state index contributed by atoms with van der Waals surface area (Å²) in [7, 11) is -3.94. The van der Waals surface area contributed by atoms with E-state index in [9.17, 15) is 12.8 Å². The Hall–Kier alpha value is -1.22. The average Bonchev–Trinajstić information content (AvgIpc) is 2.70. The number of aryl methyl sites for hydroxylation is 2. The average molecular weight is 350 g/mol. The molecule has 5 nitrogen and oxygen atoms in total. The maximum absolute atomic E-state index is 13.7. The standard InChI is InChI=1S/C12H13ClFN3O2S2/c1-6-7(2)20-12(16-6)17-21(18,19)9-3-8(5-15)11(13)10(14)4-9/h3-4H,5,15H2,1-2H3,(H,16,17). The molecule has 9 heteroatoms. The maximum atomic E-state index is 13.7. The third-order valence-electron chi connectivity index (χ3n) is 2.86. The number of nitrogens with one attached hydrogen (secondary N) is 1. The van der Waals surface area contributed by atoms with Crippen LogP contribution in [0.4, 0.5) is 9.52 Å². The molecule has 21 heavy (non-hydrogen) atoms. The van der Waals surface area contributed by atoms with Crippen molar-refractivity contribution in [3.05, 3.63) is 39.1 Å². The number of hydrogen-bond donors (Lipinski definition) is 2. The smallest absolute Gasteiger partial charge is 0.263 e. The Kier molecular flexibility index (Phi) is 4.52. The number of nitrogens with zero attached hydrogens (tertiary/aromatic N) is 1. The number of thiazole rings is 1. The number of sulfonamides is 1. The van der Waals surface area contributed by atoms with E-state index in [-0.39, 0.29) is 27.2 Å². The first kappa shape index (κ1) is 16.2. The minimum Gasteiger partial charge on any atom is -0.326 e. The molecular formula is C12H13ClFN3O2S2. The molecule has 1 aromatic heterocycles. The van der Waals surface area contributed by atoms with Crippen molar-refractivity contribution in [1.29, 1.82) is 0 Å². The predicted octanol–water partition coefficient (Wildman–Crippen LogP) is 2.81. The van der Waals surface area contributed by atoms with Gasteiger partial charge in [-0.15, -0.1) is 11.3 Å². The Bertz CT molecular complexity index is 771. The first-order valence-corrected chi connectivity index (χ1v) is 8.57. The van der Waals surface area contributed by atoms with Gasteiger partial charge in [-0.1, -0.05) is 11.6 Å². The second-order valence-electron chi connectivity index (χ2n) is 4.35. The predicted molar refractivity (Wildman–Crippen MR) is 81.7 cm³/mol. The van der Waals surface area contributed by atoms with Gasteiger partial charge in [-0.2, -0.15) is 0 Å². The van der Waals surface area contributed by atoms with Crippen LogP contribution in [-0.2, 0) is 16.6 Å². The van der Waals surface area contributed by atoms with Crippen LogP contribution in [0.1, 0.15) is 16.1 Å². The summed E-state index contributed by atoms with van der Waals surface area (Å²) in [6.45, 7) is 3.55. The van der Waals surface area contributed by atoms with Gasteiger partial charge in [0.25, 0.3) is 10.0 Å². The summed E-state index contributed by atoms with van der Waals surface area (Å²) >= 11 is 6.93. The van der Waals surface area contributed by atoms with Crippen LogP contribution in [0.25, 0.3) is 0 Å². The fourth-order valence-electron chi connectivity index (χ4n) is 1.61. The zero-order valence-electron chi connectivity index (χ0n) is 11.3. The van der Waals surface area contributed by atoms with E-state index < -0.39 is 15.8 Å². The number of benzene rings is 1. The lowest BCUT2D eigenvalue weighted by Crippen LogP contribution is -2.14. The molecule has 0 amide bonds. The van der Waals surface area contributed by atoms with Gasteiger partial charge in [0, 0.05) is 11.4 Å². The molecule has 3 N–H and O–H groups in total. The molecule has 0 radical (unpaired) electrons. The summed E-state index contributed by atoms with van der Waals surface area (Å²) in [5, 5.41) is 0.0621. The minimum atomic E-state index is -3.94. The molecule has 0 unspecified atom stereocenters. The highest BCUT2D eigenvalue weighted by Gasteiger charge is 2.20. The van der Waals surface area contributed by atoms with Gasteiger partial charge in [-0.25, -0.2) is 17.8 Å². The monoisotopic (exact) mass is 349 g/mol. The Morgan fingerprint density at radius 3 is 2.62 bits per heavy atom. The van der Waals surface area contributed by atoms with Crippen LogP contribution in [0.5, 0.6) is 0 Å². The first-order valence-electron chi connectivity index (χ1n) is 5.89. The molecule has 2 aromatic rings. The van der Waals surface area contributed by atoms with E-state index >= 15 is 0 Å². The molecule has 0 aliphatic heterocycles. The largest absolute Gasteiger partial charge is 0.326 e. The van der Waals surface area contributed by atoms with E-state index in [0.717, 1.165) is 16.6 Å². The van der Waals surface area contributed by atoms with E-state index in [1.165, 1.54) is 17.4 Å². The van der Waals surface area contributed by atoms with Crippen molar-refractivity contribution in [2.45, 2.75) is 25.3 Å². The summed E-state index contributed by atoms with van der Waals surface area (Å²) in [5.41, 5.74) is 6.39. The molecule has 1 aromatic carbocycles. The summed E-state index contributed by atoms with van der Waals surface area (Å²) in [4.78, 5) is 4.75. The van der Waals surface area contributed by atoms with Crippen molar-refractivity contribution < 1.29 is 12.8 Å². The highest BCUT2D eigenvalue weighted by atomic mass is 35.5. The summed E-state index contributed by atoms with van der Waals surface area (Å²) in [6.07, 6.45) is 0. The van der Waals surface area contributed by atoms with Crippen molar-refractivity contribution in [3.8, 4) is 0 Å². The van der Waals surface area contributed by atoms with Crippen LogP contribution < -0.4 is 10.5 Å². The highest BCUT2D eigenvalue weighted by molar-refractivity contribution is 7.93. The fraction of sp³-hybridized carbons (Fsp3) is 0.250. The third-order valence-corrected chi connectivity index (χ3v) is 5.72. The molecule has 114 valence electrons. The fourth-order valence-corrected chi connectivity index (χ4v) is 3.91. The van der Waals surface area contributed by atoms with Gasteiger partial charge in [-0.3, -0.25) is 4.72 Å². The van der Waals surface area contributed by atoms with Gasteiger partial charge in [0.05, 0.1) is 15.6 Å². The highest BCUT2D eigenvalue weighted by Crippen LogP contribution is 2.27. The molecule has 0 aliphatic carbocycles. The van der Waals surface area contributed by atoms with Crippen molar-refractivity contribution >= 4 is 38.1 Å². The van der Waals surface area contributed by atoms with Gasteiger partial charge in [0.15, 0.2) is 5.13 Å². The Morgan fingerprint density at radius 2 is 2.10 bits per heavy atom. The van der Waals surface area contributed by atoms with Crippen LogP contribution in [-0.4, -0.2) is 13.4 Å². The lowest BCUT2D eigenvalue weighted by Gasteiger charge is -2.09. The third kappa shape index (κ3) is 3.34. The number of aromatic nitrogens is 1. The van der Waals surface area contributed by atoms with Crippen LogP contribution in [0, 0.1) is 19.7 Å². The van der Waals surface area contributed by atoms with Crippen molar-refractivity contribution in [2.24, 2.45) is 5.73 Å². The number of hydrogen-bond acceptors (Lipinski definition) is 5. The minimum absolute atomic E-state index is 0.0609. The van der Waals surface area contributed by atoms with Crippen LogP contribution in [0.15, 0.2) is 17.0 Å². The Morgan fingerprint density at radius 1 is 1.43 bits per heavy atom. The zero-order chi connectivity index (χ0) is 15.8. The van der Waals surface area contributed by atoms with Gasteiger partial charge in [-0.05, 0) is 31.5 Å². The molecule has 0 bridgehead atoms. The molecule has 0 saturated carbocycles. The van der Waals surface area contributed by atoms with E-state index in [2.05, 4.69) is 9.71 Å². The quantitative estimate of drug-likeness (QED) is 0.888. The van der Waals surface area contributed by atoms with E-state index in [1.54, 1.807) is 6.92 Å². The summed E-state index contributed by atoms with van der Waals surface area (Å²) in [5.74, 6) is -0.827. The van der Waals surface area contributed by atoms with Gasteiger partial charge in [0.1, 0.15) is 5.82 Å². The maximum Gasteiger partial charge on any atom is 0.263 e. The molecule has 1 heterocycles. The second-order valence-corrected chi connectivity index (χ2v) is 7.61. The first-order chi connectivity index (χ1) is 9.74. The number of rotatable bonds is 4. The van der Waals surface area contributed by atoms with Crippen molar-refractivity contribution in [3.63, 3.8) is 0 Å². The van der Waals surface area contributed by atoms with E-state index in [1.807, 2.05) is 6.92 Å². The lowest BCUT2D eigenvalue weighted by atomic mass is 10.2. The SMILES string of the molecule is Cc1nc(NS(=O)(=O)c2cc(F)c(Cl)c(CN)c2)sc1C. The van der Waals surface area contributed by atoms with E-state index in [4.69, 9.17) is 17.3 Å². The topological polar surface area (TPSA) is 85.1 Å². The molecule has 2 rings (SSSR count). The Balaban J connectivity index is 2.42. The van der Waals surface area contributed by atoms with Gasteiger partial charge >= 0.3 is 0 Å². The lowest BCUT2D eigenvalue weighted by molar-refractivity contribution is 0.594. The molecule has 0 fully saturated rings. The number of halogens is 2. The number of anilines is 1. The normalized spacial score (nSPS) is 11.7. The van der Waals surface area contributed by atoms with Crippen LogP contribution >= 0.6 is 22.9 Å². The molecule has 0 atom stereocenters. The molecule has 0 aliphatic rings. The zero-order valence-corrected chi connectivity index (χ0v) is 13.7. The summed E-state index contributed by atoms with van der Waals surface area (Å²) < 4.78 is 40.5. The molecule has 0 spiro atoms. The Labute approximate surface area is 131 Å². The van der Waals surface area contributed by atoms with Gasteiger partial charge in [0.2, 0.25) is 0 Å². The van der Waals surface area contributed by atoms with Crippen molar-refractivity contribution in [2.75, 3.05) is 4.72 Å².